The van der Waals surface area contributed by atoms with E-state index in [-0.39, 0.29) is 23.7 Å². The van der Waals surface area contributed by atoms with Crippen molar-refractivity contribution in [3.63, 3.8) is 0 Å². The third-order valence-electron chi connectivity index (χ3n) is 1.94. The lowest BCUT2D eigenvalue weighted by Crippen LogP contribution is -2.23. The highest BCUT2D eigenvalue weighted by molar-refractivity contribution is 5.85. The fraction of sp³-hybridized carbons (Fsp3) is 0.400. The second-order valence-electron chi connectivity index (χ2n) is 3.31. The maximum atomic E-state index is 11.9. The molecule has 1 unspecified atom stereocenters. The van der Waals surface area contributed by atoms with E-state index in [1.54, 1.807) is 0 Å². The van der Waals surface area contributed by atoms with Gasteiger partial charge in [-0.3, -0.25) is 4.74 Å². The van der Waals surface area contributed by atoms with Crippen LogP contribution in [0.15, 0.2) is 24.3 Å². The number of ether oxygens (including phenoxy) is 2. The van der Waals surface area contributed by atoms with Crippen LogP contribution in [0.4, 0.5) is 22.0 Å². The molecule has 1 rings (SSSR count). The van der Waals surface area contributed by atoms with E-state index >= 15 is 0 Å². The lowest BCUT2D eigenvalue weighted by Gasteiger charge is -2.15. The predicted octanol–water partition coefficient (Wildman–Crippen LogP) is 3.25. The van der Waals surface area contributed by atoms with Crippen molar-refractivity contribution in [2.45, 2.75) is 19.0 Å². The van der Waals surface area contributed by atoms with Gasteiger partial charge >= 0.3 is 13.0 Å². The Morgan fingerprint density at radius 3 is 2.37 bits per heavy atom. The van der Waals surface area contributed by atoms with Crippen molar-refractivity contribution in [1.29, 1.82) is 0 Å². The molecule has 110 valence electrons. The molecular weight excluding hydrogens is 297 g/mol. The van der Waals surface area contributed by atoms with Crippen LogP contribution in [-0.4, -0.2) is 19.6 Å². The smallest absolute Gasteiger partial charge is 0.435 e. The van der Waals surface area contributed by atoms with E-state index in [4.69, 9.17) is 5.73 Å². The number of rotatable bonds is 5. The van der Waals surface area contributed by atoms with Crippen LogP contribution in [0.5, 0.6) is 5.75 Å². The molecule has 0 saturated carbocycles. The molecule has 0 aliphatic rings. The van der Waals surface area contributed by atoms with Crippen LogP contribution in [0.2, 0.25) is 0 Å². The Bertz CT molecular complexity index is 388. The van der Waals surface area contributed by atoms with Gasteiger partial charge in [-0.15, -0.1) is 25.6 Å². The molecule has 0 aliphatic carbocycles. The highest BCUT2D eigenvalue weighted by Crippen LogP contribution is 2.22. The Labute approximate surface area is 111 Å². The fourth-order valence-corrected chi connectivity index (χ4v) is 1.20. The van der Waals surface area contributed by atoms with Gasteiger partial charge in [0.2, 0.25) is 0 Å². The average molecular weight is 308 g/mol. The van der Waals surface area contributed by atoms with Crippen molar-refractivity contribution >= 4 is 12.4 Å². The molecule has 9 heteroatoms. The summed E-state index contributed by atoms with van der Waals surface area (Å²) in [5.74, 6) is -0.176. The summed E-state index contributed by atoms with van der Waals surface area (Å²) in [5.41, 5.74) is 5.64. The van der Waals surface area contributed by atoms with Crippen molar-refractivity contribution in [3.8, 4) is 5.75 Å². The molecule has 0 aromatic heterocycles. The van der Waals surface area contributed by atoms with Gasteiger partial charge in [-0.05, 0) is 17.7 Å². The summed E-state index contributed by atoms with van der Waals surface area (Å²) in [7, 11) is 0. The lowest BCUT2D eigenvalue weighted by atomic mass is 10.1. The third kappa shape index (κ3) is 7.14. The Hall–Kier alpha value is -1.12. The Morgan fingerprint density at radius 2 is 1.84 bits per heavy atom. The average Bonchev–Trinajstić information content (AvgIpc) is 2.24. The second-order valence-corrected chi connectivity index (χ2v) is 3.31. The molecule has 1 aromatic rings. The Kier molecular flexibility index (Phi) is 7.02. The zero-order valence-corrected chi connectivity index (χ0v) is 10.2. The summed E-state index contributed by atoms with van der Waals surface area (Å²) in [6.45, 7) is -3.82. The van der Waals surface area contributed by atoms with E-state index in [1.165, 1.54) is 18.2 Å². The molecule has 0 amide bonds. The number of halogens is 6. The maximum absolute atomic E-state index is 11.9. The van der Waals surface area contributed by atoms with Crippen LogP contribution in [0.1, 0.15) is 11.6 Å². The van der Waals surface area contributed by atoms with Gasteiger partial charge < -0.3 is 10.5 Å². The van der Waals surface area contributed by atoms with Crippen molar-refractivity contribution in [3.05, 3.63) is 29.8 Å². The number of hydrogen-bond acceptors (Lipinski definition) is 3. The molecule has 0 bridgehead atoms. The topological polar surface area (TPSA) is 44.5 Å². The van der Waals surface area contributed by atoms with Gasteiger partial charge in [0.15, 0.2) is 0 Å². The normalized spacial score (nSPS) is 13.0. The molecule has 0 radical (unpaired) electrons. The molecular formula is C10H11ClF5NO2. The van der Waals surface area contributed by atoms with E-state index in [2.05, 4.69) is 9.47 Å². The second kappa shape index (κ2) is 7.46. The summed E-state index contributed by atoms with van der Waals surface area (Å²) in [6, 6.07) is 4.03. The number of benzene rings is 1. The van der Waals surface area contributed by atoms with E-state index < -0.39 is 25.6 Å². The van der Waals surface area contributed by atoms with Crippen LogP contribution in [0, 0.1) is 0 Å². The maximum Gasteiger partial charge on any atom is 0.522 e. The van der Waals surface area contributed by atoms with Crippen LogP contribution in [-0.2, 0) is 4.74 Å². The zero-order chi connectivity index (χ0) is 13.8. The first kappa shape index (κ1) is 17.9. The zero-order valence-electron chi connectivity index (χ0n) is 9.36. The first-order valence-corrected chi connectivity index (χ1v) is 4.79. The minimum atomic E-state index is -4.78. The van der Waals surface area contributed by atoms with Gasteiger partial charge in [0, 0.05) is 0 Å². The van der Waals surface area contributed by atoms with E-state index in [9.17, 15) is 22.0 Å². The molecule has 1 aromatic carbocycles. The van der Waals surface area contributed by atoms with E-state index in [0.717, 1.165) is 6.07 Å². The van der Waals surface area contributed by atoms with Gasteiger partial charge in [0.05, 0.1) is 12.6 Å². The minimum absolute atomic E-state index is 0. The summed E-state index contributed by atoms with van der Waals surface area (Å²) in [6.07, 6.45) is -4.78. The first-order chi connectivity index (χ1) is 8.28. The van der Waals surface area contributed by atoms with Gasteiger partial charge in [-0.1, -0.05) is 12.1 Å². The molecule has 0 aliphatic heterocycles. The van der Waals surface area contributed by atoms with Crippen molar-refractivity contribution in [2.24, 2.45) is 5.73 Å². The largest absolute Gasteiger partial charge is 0.522 e. The van der Waals surface area contributed by atoms with Gasteiger partial charge in [0.1, 0.15) is 5.75 Å². The van der Waals surface area contributed by atoms with Crippen LogP contribution in [0.25, 0.3) is 0 Å². The quantitative estimate of drug-likeness (QED) is 0.849. The Morgan fingerprint density at radius 1 is 1.21 bits per heavy atom. The summed E-state index contributed by atoms with van der Waals surface area (Å²) < 4.78 is 66.9. The standard InChI is InChI=1S/C10H10F5NO2.ClH/c11-9(12)18-7-3-1-2-6(4-7)8(16)5-17-10(13,14)15;/h1-4,8-9H,5,16H2;1H. The van der Waals surface area contributed by atoms with Crippen LogP contribution >= 0.6 is 12.4 Å². The highest BCUT2D eigenvalue weighted by atomic mass is 35.5. The highest BCUT2D eigenvalue weighted by Gasteiger charge is 2.30. The van der Waals surface area contributed by atoms with Gasteiger partial charge in [-0.25, -0.2) is 0 Å². The number of hydrogen-bond donors (Lipinski definition) is 1. The summed E-state index contributed by atoms with van der Waals surface area (Å²) in [5, 5.41) is 0. The summed E-state index contributed by atoms with van der Waals surface area (Å²) >= 11 is 0. The first-order valence-electron chi connectivity index (χ1n) is 4.79. The van der Waals surface area contributed by atoms with Crippen LogP contribution < -0.4 is 10.5 Å². The van der Waals surface area contributed by atoms with E-state index in [0.29, 0.717) is 0 Å². The van der Waals surface area contributed by atoms with Gasteiger partial charge in [0.25, 0.3) is 0 Å². The minimum Gasteiger partial charge on any atom is -0.435 e. The molecule has 1 atom stereocenters. The van der Waals surface area contributed by atoms with Crippen molar-refractivity contribution in [2.75, 3.05) is 6.61 Å². The fourth-order valence-electron chi connectivity index (χ4n) is 1.20. The molecule has 0 fully saturated rings. The monoisotopic (exact) mass is 307 g/mol. The number of nitrogens with two attached hydrogens (primary N) is 1. The molecule has 0 spiro atoms. The summed E-state index contributed by atoms with van der Waals surface area (Å²) in [4.78, 5) is 0. The molecule has 0 heterocycles. The molecule has 2 N–H and O–H groups in total. The Balaban J connectivity index is 0.00000324. The van der Waals surface area contributed by atoms with Gasteiger partial charge in [-0.2, -0.15) is 8.78 Å². The predicted molar refractivity (Wildman–Crippen MR) is 59.3 cm³/mol. The lowest BCUT2D eigenvalue weighted by molar-refractivity contribution is -0.326. The molecule has 3 nitrogen and oxygen atoms in total. The van der Waals surface area contributed by atoms with Crippen LogP contribution in [0.3, 0.4) is 0 Å². The third-order valence-corrected chi connectivity index (χ3v) is 1.94. The number of alkyl halides is 5. The molecule has 0 saturated heterocycles. The molecule has 19 heavy (non-hydrogen) atoms. The van der Waals surface area contributed by atoms with Crippen molar-refractivity contribution in [1.82, 2.24) is 0 Å². The van der Waals surface area contributed by atoms with Crippen molar-refractivity contribution < 1.29 is 31.4 Å². The SMILES string of the molecule is Cl.NC(COC(F)(F)F)c1cccc(OC(F)F)c1. The van der Waals surface area contributed by atoms with E-state index in [1.807, 2.05) is 0 Å².